The summed E-state index contributed by atoms with van der Waals surface area (Å²) in [7, 11) is 1.51. The molecule has 1 saturated heterocycles. The number of benzene rings is 1. The van der Waals surface area contributed by atoms with Gasteiger partial charge in [0.1, 0.15) is 0 Å². The number of hydrogen-bond acceptors (Lipinski definition) is 2. The van der Waals surface area contributed by atoms with Crippen LogP contribution in [0.15, 0.2) is 18.2 Å². The molecule has 3 heteroatoms. The molecule has 1 N–H and O–H groups in total. The van der Waals surface area contributed by atoms with Crippen LogP contribution in [-0.4, -0.2) is 20.2 Å². The zero-order valence-electron chi connectivity index (χ0n) is 10.1. The molecule has 2 fully saturated rings. The van der Waals surface area contributed by atoms with Crippen molar-refractivity contribution in [3.8, 4) is 5.75 Å². The molecule has 1 aliphatic heterocycles. The molecular weight excluding hydrogens is 217 g/mol. The summed E-state index contributed by atoms with van der Waals surface area (Å²) in [5, 5.41) is 3.41. The van der Waals surface area contributed by atoms with Crippen LogP contribution in [0, 0.1) is 11.7 Å². The van der Waals surface area contributed by atoms with Gasteiger partial charge in [0.25, 0.3) is 0 Å². The van der Waals surface area contributed by atoms with E-state index in [1.807, 2.05) is 6.07 Å². The van der Waals surface area contributed by atoms with Gasteiger partial charge in [-0.05, 0) is 61.4 Å². The van der Waals surface area contributed by atoms with Gasteiger partial charge in [-0.2, -0.15) is 0 Å². The van der Waals surface area contributed by atoms with E-state index < -0.39 is 0 Å². The van der Waals surface area contributed by atoms with Crippen LogP contribution in [0.3, 0.4) is 0 Å². The number of nitrogens with one attached hydrogen (secondary N) is 1. The van der Waals surface area contributed by atoms with Gasteiger partial charge in [0.05, 0.1) is 7.11 Å². The quantitative estimate of drug-likeness (QED) is 0.869. The third-order valence-corrected chi connectivity index (χ3v) is 4.36. The summed E-state index contributed by atoms with van der Waals surface area (Å²) >= 11 is 0. The highest BCUT2D eigenvalue weighted by molar-refractivity contribution is 5.38. The highest BCUT2D eigenvalue weighted by Gasteiger charge is 2.51. The van der Waals surface area contributed by atoms with Gasteiger partial charge in [0, 0.05) is 0 Å². The number of hydrogen-bond donors (Lipinski definition) is 1. The second kappa shape index (κ2) is 3.98. The molecular formula is C14H18FNO. The van der Waals surface area contributed by atoms with E-state index in [2.05, 4.69) is 5.32 Å². The fraction of sp³-hybridized carbons (Fsp3) is 0.571. The van der Waals surface area contributed by atoms with Crippen molar-refractivity contribution in [3.05, 3.63) is 29.6 Å². The first kappa shape index (κ1) is 11.0. The lowest BCUT2D eigenvalue weighted by atomic mass is 9.82. The van der Waals surface area contributed by atoms with Gasteiger partial charge in [0.2, 0.25) is 0 Å². The number of methoxy groups -OCH3 is 1. The van der Waals surface area contributed by atoms with Gasteiger partial charge in [0.15, 0.2) is 11.6 Å². The van der Waals surface area contributed by atoms with Gasteiger partial charge in [-0.15, -0.1) is 0 Å². The minimum absolute atomic E-state index is 0.234. The van der Waals surface area contributed by atoms with Crippen LogP contribution in [-0.2, 0) is 5.41 Å². The molecule has 1 aromatic rings. The van der Waals surface area contributed by atoms with Crippen LogP contribution in [0.2, 0.25) is 0 Å². The van der Waals surface area contributed by atoms with E-state index in [-0.39, 0.29) is 11.2 Å². The highest BCUT2D eigenvalue weighted by Crippen LogP contribution is 2.55. The summed E-state index contributed by atoms with van der Waals surface area (Å²) in [5.74, 6) is 0.784. The van der Waals surface area contributed by atoms with Crippen molar-refractivity contribution in [2.75, 3.05) is 20.2 Å². The van der Waals surface area contributed by atoms with Crippen molar-refractivity contribution in [1.29, 1.82) is 0 Å². The molecule has 3 rings (SSSR count). The molecule has 2 nitrogen and oxygen atoms in total. The minimum atomic E-state index is -0.234. The SMILES string of the molecule is COc1ccc(C2(C3CCNC3)CC2)cc1F. The van der Waals surface area contributed by atoms with Gasteiger partial charge in [-0.3, -0.25) is 0 Å². The first-order valence-electron chi connectivity index (χ1n) is 6.31. The maximum absolute atomic E-state index is 13.8. The van der Waals surface area contributed by atoms with Crippen LogP contribution in [0.1, 0.15) is 24.8 Å². The molecule has 0 amide bonds. The standard InChI is InChI=1S/C14H18FNO/c1-17-13-3-2-10(8-12(13)15)14(5-6-14)11-4-7-16-9-11/h2-3,8,11,16H,4-7,9H2,1H3. The molecule has 0 aromatic heterocycles. The van der Waals surface area contributed by atoms with E-state index in [9.17, 15) is 4.39 Å². The molecule has 2 aliphatic rings. The van der Waals surface area contributed by atoms with E-state index in [0.717, 1.165) is 18.7 Å². The Bertz CT molecular complexity index is 422. The average Bonchev–Trinajstić information content (AvgIpc) is 2.97. The van der Waals surface area contributed by atoms with Crippen molar-refractivity contribution in [2.45, 2.75) is 24.7 Å². The Morgan fingerprint density at radius 3 is 2.76 bits per heavy atom. The van der Waals surface area contributed by atoms with Gasteiger partial charge in [-0.25, -0.2) is 4.39 Å². The van der Waals surface area contributed by atoms with Crippen molar-refractivity contribution >= 4 is 0 Å². The van der Waals surface area contributed by atoms with E-state index in [1.54, 1.807) is 12.1 Å². The van der Waals surface area contributed by atoms with Gasteiger partial charge < -0.3 is 10.1 Å². The van der Waals surface area contributed by atoms with Crippen LogP contribution in [0.25, 0.3) is 0 Å². The highest BCUT2D eigenvalue weighted by atomic mass is 19.1. The monoisotopic (exact) mass is 235 g/mol. The van der Waals surface area contributed by atoms with Gasteiger partial charge >= 0.3 is 0 Å². The Kier molecular flexibility index (Phi) is 2.58. The summed E-state index contributed by atoms with van der Waals surface area (Å²) < 4.78 is 18.7. The van der Waals surface area contributed by atoms with Crippen LogP contribution >= 0.6 is 0 Å². The molecule has 1 aliphatic carbocycles. The summed E-state index contributed by atoms with van der Waals surface area (Å²) in [4.78, 5) is 0. The van der Waals surface area contributed by atoms with E-state index in [0.29, 0.717) is 11.7 Å². The molecule has 17 heavy (non-hydrogen) atoms. The second-order valence-electron chi connectivity index (χ2n) is 5.20. The van der Waals surface area contributed by atoms with Crippen molar-refractivity contribution in [3.63, 3.8) is 0 Å². The Hall–Kier alpha value is -1.09. The number of ether oxygens (including phenoxy) is 1. The summed E-state index contributed by atoms with van der Waals surface area (Å²) in [6.07, 6.45) is 3.61. The Morgan fingerprint density at radius 2 is 2.24 bits per heavy atom. The normalized spacial score (nSPS) is 25.9. The molecule has 1 unspecified atom stereocenters. The fourth-order valence-corrected chi connectivity index (χ4v) is 3.17. The maximum Gasteiger partial charge on any atom is 0.165 e. The molecule has 1 heterocycles. The number of rotatable bonds is 3. The molecule has 92 valence electrons. The molecule has 0 bridgehead atoms. The topological polar surface area (TPSA) is 21.3 Å². The smallest absolute Gasteiger partial charge is 0.165 e. The van der Waals surface area contributed by atoms with Crippen molar-refractivity contribution in [1.82, 2.24) is 5.32 Å². The lowest BCUT2D eigenvalue weighted by Gasteiger charge is -2.23. The van der Waals surface area contributed by atoms with E-state index in [4.69, 9.17) is 4.74 Å². The minimum Gasteiger partial charge on any atom is -0.494 e. The van der Waals surface area contributed by atoms with Gasteiger partial charge in [-0.1, -0.05) is 6.07 Å². The zero-order valence-corrected chi connectivity index (χ0v) is 10.1. The molecule has 1 saturated carbocycles. The van der Waals surface area contributed by atoms with E-state index in [1.165, 1.54) is 26.4 Å². The van der Waals surface area contributed by atoms with Crippen molar-refractivity contribution < 1.29 is 9.13 Å². The maximum atomic E-state index is 13.8. The largest absolute Gasteiger partial charge is 0.494 e. The second-order valence-corrected chi connectivity index (χ2v) is 5.20. The molecule has 1 aromatic carbocycles. The lowest BCUT2D eigenvalue weighted by molar-refractivity contribution is 0.383. The van der Waals surface area contributed by atoms with Crippen LogP contribution < -0.4 is 10.1 Å². The lowest BCUT2D eigenvalue weighted by Crippen LogP contribution is -2.23. The third-order valence-electron chi connectivity index (χ3n) is 4.36. The van der Waals surface area contributed by atoms with Crippen molar-refractivity contribution in [2.24, 2.45) is 5.92 Å². The van der Waals surface area contributed by atoms with E-state index >= 15 is 0 Å². The first-order valence-corrected chi connectivity index (χ1v) is 6.31. The molecule has 0 spiro atoms. The fourth-order valence-electron chi connectivity index (χ4n) is 3.17. The summed E-state index contributed by atoms with van der Waals surface area (Å²) in [6, 6.07) is 5.46. The first-order chi connectivity index (χ1) is 8.26. The Morgan fingerprint density at radius 1 is 1.41 bits per heavy atom. The summed E-state index contributed by atoms with van der Waals surface area (Å²) in [6.45, 7) is 2.18. The predicted molar refractivity (Wildman–Crippen MR) is 64.8 cm³/mol. The predicted octanol–water partition coefficient (Wildman–Crippen LogP) is 2.48. The Labute approximate surface area is 101 Å². The number of halogens is 1. The molecule has 1 atom stereocenters. The van der Waals surface area contributed by atoms with Crippen LogP contribution in [0.4, 0.5) is 4.39 Å². The Balaban J connectivity index is 1.90. The van der Waals surface area contributed by atoms with Crippen LogP contribution in [0.5, 0.6) is 5.75 Å². The summed E-state index contributed by atoms with van der Waals surface area (Å²) in [5.41, 5.74) is 1.40. The average molecular weight is 235 g/mol. The molecule has 0 radical (unpaired) electrons. The zero-order chi connectivity index (χ0) is 11.9. The third kappa shape index (κ3) is 1.73.